The molecule has 0 saturated heterocycles. The minimum Gasteiger partial charge on any atom is -0.493 e. The molecule has 1 N–H and O–H groups in total. The summed E-state index contributed by atoms with van der Waals surface area (Å²) < 4.78 is 10.8. The molecule has 0 fully saturated rings. The monoisotopic (exact) mass is 396 g/mol. The van der Waals surface area contributed by atoms with E-state index in [2.05, 4.69) is 5.32 Å². The summed E-state index contributed by atoms with van der Waals surface area (Å²) in [4.78, 5) is 26.0. The van der Waals surface area contributed by atoms with Crippen molar-refractivity contribution in [3.05, 3.63) is 59.2 Å². The van der Waals surface area contributed by atoms with Gasteiger partial charge >= 0.3 is 0 Å². The van der Waals surface area contributed by atoms with Gasteiger partial charge in [-0.3, -0.25) is 9.59 Å². The molecule has 2 amide bonds. The fraction of sp³-hybridized carbons (Fsp3) is 0.304. The van der Waals surface area contributed by atoms with Crippen LogP contribution in [0, 0.1) is 13.8 Å². The van der Waals surface area contributed by atoms with Gasteiger partial charge in [-0.15, -0.1) is 0 Å². The quantitative estimate of drug-likeness (QED) is 0.689. The van der Waals surface area contributed by atoms with E-state index in [4.69, 9.17) is 9.47 Å². The van der Waals surface area contributed by atoms with Gasteiger partial charge in [-0.2, -0.15) is 0 Å². The smallest absolute Gasteiger partial charge is 0.246 e. The molecule has 0 aliphatic rings. The molecule has 0 aromatic heterocycles. The Labute approximate surface area is 172 Å². The van der Waals surface area contributed by atoms with Gasteiger partial charge in [0.2, 0.25) is 11.8 Å². The SMILES string of the molecule is CCOc1cc(/C=C/C(=O)N(C)CC(=O)Nc2cccc(C)c2C)ccc1OC. The number of carbonyl (C=O) groups is 2. The number of anilines is 1. The number of carbonyl (C=O) groups excluding carboxylic acids is 2. The number of aryl methyl sites for hydroxylation is 1. The van der Waals surface area contributed by atoms with Crippen LogP contribution in [0.1, 0.15) is 23.6 Å². The zero-order valence-corrected chi connectivity index (χ0v) is 17.6. The van der Waals surface area contributed by atoms with E-state index >= 15 is 0 Å². The molecule has 0 radical (unpaired) electrons. The molecule has 2 aromatic carbocycles. The molecule has 6 nitrogen and oxygen atoms in total. The molecule has 29 heavy (non-hydrogen) atoms. The second kappa shape index (κ2) is 10.3. The maximum atomic E-state index is 12.4. The van der Waals surface area contributed by atoms with Gasteiger partial charge in [-0.1, -0.05) is 18.2 Å². The van der Waals surface area contributed by atoms with E-state index in [1.54, 1.807) is 32.4 Å². The molecule has 6 heteroatoms. The summed E-state index contributed by atoms with van der Waals surface area (Å²) in [6, 6.07) is 11.2. The van der Waals surface area contributed by atoms with E-state index < -0.39 is 0 Å². The summed E-state index contributed by atoms with van der Waals surface area (Å²) in [5.41, 5.74) is 3.67. The zero-order chi connectivity index (χ0) is 21.4. The van der Waals surface area contributed by atoms with Crippen LogP contribution in [0.3, 0.4) is 0 Å². The van der Waals surface area contributed by atoms with Crippen molar-refractivity contribution in [2.75, 3.05) is 32.6 Å². The van der Waals surface area contributed by atoms with Crippen LogP contribution in [-0.4, -0.2) is 44.0 Å². The Morgan fingerprint density at radius 2 is 1.90 bits per heavy atom. The van der Waals surface area contributed by atoms with Crippen molar-refractivity contribution in [3.63, 3.8) is 0 Å². The number of hydrogen-bond acceptors (Lipinski definition) is 4. The van der Waals surface area contributed by atoms with Gasteiger partial charge in [0, 0.05) is 18.8 Å². The first-order chi connectivity index (χ1) is 13.8. The second-order valence-corrected chi connectivity index (χ2v) is 6.67. The second-order valence-electron chi connectivity index (χ2n) is 6.67. The first-order valence-corrected chi connectivity index (χ1v) is 9.45. The molecule has 2 rings (SSSR count). The van der Waals surface area contributed by atoms with Gasteiger partial charge in [-0.05, 0) is 61.7 Å². The number of amides is 2. The maximum Gasteiger partial charge on any atom is 0.246 e. The highest BCUT2D eigenvalue weighted by Crippen LogP contribution is 2.28. The van der Waals surface area contributed by atoms with Gasteiger partial charge in [0.05, 0.1) is 20.3 Å². The number of nitrogens with one attached hydrogen (secondary N) is 1. The van der Waals surface area contributed by atoms with E-state index in [0.717, 1.165) is 22.4 Å². The van der Waals surface area contributed by atoms with Crippen LogP contribution in [-0.2, 0) is 9.59 Å². The fourth-order valence-electron chi connectivity index (χ4n) is 2.73. The Kier molecular flexibility index (Phi) is 7.83. The van der Waals surface area contributed by atoms with Gasteiger partial charge < -0.3 is 19.7 Å². The number of likely N-dealkylation sites (N-methyl/N-ethyl adjacent to an activating group) is 1. The van der Waals surface area contributed by atoms with Gasteiger partial charge in [0.1, 0.15) is 0 Å². The molecule has 2 aromatic rings. The lowest BCUT2D eigenvalue weighted by atomic mass is 10.1. The maximum absolute atomic E-state index is 12.4. The third kappa shape index (κ3) is 6.10. The molecular formula is C23H28N2O4. The highest BCUT2D eigenvalue weighted by molar-refractivity contribution is 5.98. The van der Waals surface area contributed by atoms with Crippen molar-refractivity contribution in [2.45, 2.75) is 20.8 Å². The van der Waals surface area contributed by atoms with E-state index in [1.807, 2.05) is 45.0 Å². The van der Waals surface area contributed by atoms with Gasteiger partial charge in [0.25, 0.3) is 0 Å². The number of nitrogens with zero attached hydrogens (tertiary/aromatic N) is 1. The van der Waals surface area contributed by atoms with Crippen molar-refractivity contribution in [1.29, 1.82) is 0 Å². The number of rotatable bonds is 8. The van der Waals surface area contributed by atoms with Crippen molar-refractivity contribution in [3.8, 4) is 11.5 Å². The summed E-state index contributed by atoms with van der Waals surface area (Å²) >= 11 is 0. The molecule has 0 saturated carbocycles. The normalized spacial score (nSPS) is 10.7. The van der Waals surface area contributed by atoms with Gasteiger partial charge in [-0.25, -0.2) is 0 Å². The minimum atomic E-state index is -0.269. The largest absolute Gasteiger partial charge is 0.493 e. The summed E-state index contributed by atoms with van der Waals surface area (Å²) in [7, 11) is 3.17. The first-order valence-electron chi connectivity index (χ1n) is 9.45. The van der Waals surface area contributed by atoms with Gasteiger partial charge in [0.15, 0.2) is 11.5 Å². The number of hydrogen-bond donors (Lipinski definition) is 1. The molecule has 0 spiro atoms. The average molecular weight is 396 g/mol. The van der Waals surface area contributed by atoms with Crippen LogP contribution in [0.5, 0.6) is 11.5 Å². The molecule has 0 unspecified atom stereocenters. The zero-order valence-electron chi connectivity index (χ0n) is 17.6. The molecule has 0 bridgehead atoms. The van der Waals surface area contributed by atoms with Crippen LogP contribution in [0.25, 0.3) is 6.08 Å². The summed E-state index contributed by atoms with van der Waals surface area (Å²) in [5.74, 6) is 0.738. The summed E-state index contributed by atoms with van der Waals surface area (Å²) in [6.07, 6.45) is 3.12. The molecule has 0 aliphatic heterocycles. The van der Waals surface area contributed by atoms with Crippen LogP contribution in [0.4, 0.5) is 5.69 Å². The van der Waals surface area contributed by atoms with Crippen molar-refractivity contribution >= 4 is 23.6 Å². The highest BCUT2D eigenvalue weighted by Gasteiger charge is 2.12. The number of benzene rings is 2. The predicted octanol–water partition coefficient (Wildman–Crippen LogP) is 3.82. The topological polar surface area (TPSA) is 67.9 Å². The predicted molar refractivity (Wildman–Crippen MR) is 115 cm³/mol. The Morgan fingerprint density at radius 3 is 2.59 bits per heavy atom. The Bertz CT molecular complexity index is 906. The Balaban J connectivity index is 1.98. The first kappa shape index (κ1) is 22.0. The van der Waals surface area contributed by atoms with E-state index in [-0.39, 0.29) is 18.4 Å². The van der Waals surface area contributed by atoms with Crippen molar-refractivity contribution < 1.29 is 19.1 Å². The van der Waals surface area contributed by atoms with Crippen LogP contribution >= 0.6 is 0 Å². The van der Waals surface area contributed by atoms with E-state index in [1.165, 1.54) is 11.0 Å². The lowest BCUT2D eigenvalue weighted by molar-refractivity contribution is -0.129. The standard InChI is InChI=1S/C23H28N2O4/c1-6-29-21-14-18(10-12-20(21)28-5)11-13-23(27)25(4)15-22(26)24-19-9-7-8-16(2)17(19)3/h7-14H,6,15H2,1-5H3,(H,24,26)/b13-11+. The van der Waals surface area contributed by atoms with Crippen LogP contribution in [0.2, 0.25) is 0 Å². The summed E-state index contributed by atoms with van der Waals surface area (Å²) in [5, 5.41) is 2.86. The molecule has 0 aliphatic carbocycles. The average Bonchev–Trinajstić information content (AvgIpc) is 2.70. The lowest BCUT2D eigenvalue weighted by Crippen LogP contribution is -2.34. The summed E-state index contributed by atoms with van der Waals surface area (Å²) in [6.45, 7) is 6.31. The Hall–Kier alpha value is -3.28. The third-order valence-corrected chi connectivity index (χ3v) is 4.54. The molecular weight excluding hydrogens is 368 g/mol. The lowest BCUT2D eigenvalue weighted by Gasteiger charge is -2.16. The number of ether oxygens (including phenoxy) is 2. The minimum absolute atomic E-state index is 0.0383. The van der Waals surface area contributed by atoms with Crippen molar-refractivity contribution in [1.82, 2.24) is 4.90 Å². The van der Waals surface area contributed by atoms with E-state index in [9.17, 15) is 9.59 Å². The molecule has 0 atom stereocenters. The fourth-order valence-corrected chi connectivity index (χ4v) is 2.73. The Morgan fingerprint density at radius 1 is 1.14 bits per heavy atom. The third-order valence-electron chi connectivity index (χ3n) is 4.54. The molecule has 0 heterocycles. The van der Waals surface area contributed by atoms with Crippen LogP contribution < -0.4 is 14.8 Å². The molecule has 154 valence electrons. The van der Waals surface area contributed by atoms with E-state index in [0.29, 0.717) is 18.1 Å². The number of methoxy groups -OCH3 is 1. The highest BCUT2D eigenvalue weighted by atomic mass is 16.5. The van der Waals surface area contributed by atoms with Crippen LogP contribution in [0.15, 0.2) is 42.5 Å². The van der Waals surface area contributed by atoms with Crippen molar-refractivity contribution in [2.24, 2.45) is 0 Å².